The van der Waals surface area contributed by atoms with E-state index in [0.29, 0.717) is 18.6 Å². The first-order valence-corrected chi connectivity index (χ1v) is 6.93. The van der Waals surface area contributed by atoms with Crippen LogP contribution in [-0.2, 0) is 9.59 Å². The molecule has 0 saturated heterocycles. The van der Waals surface area contributed by atoms with Crippen LogP contribution in [0.15, 0.2) is 17.2 Å². The lowest BCUT2D eigenvalue weighted by molar-refractivity contribution is -0.157. The van der Waals surface area contributed by atoms with Crippen molar-refractivity contribution in [3.05, 3.63) is 28.8 Å². The Morgan fingerprint density at radius 1 is 1.33 bits per heavy atom. The highest BCUT2D eigenvalue weighted by molar-refractivity contribution is 6.05. The van der Waals surface area contributed by atoms with Crippen LogP contribution in [-0.4, -0.2) is 29.6 Å². The highest BCUT2D eigenvalue weighted by Gasteiger charge is 2.31. The number of rotatable bonds is 1. The minimum Gasteiger partial charge on any atom is -0.377 e. The smallest absolute Gasteiger partial charge is 0.262 e. The standard InChI is InChI=1S/C15H17N3O3/c1-8-6-13-11(9(2)15(20)18(3)21-13)7-10(8)12-4-5-14(19)17-16-12/h6-7,9H,4-5H2,1-3H3,(H,17,19). The third-order valence-corrected chi connectivity index (χ3v) is 3.95. The summed E-state index contributed by atoms with van der Waals surface area (Å²) in [5, 5.41) is 5.40. The lowest BCUT2D eigenvalue weighted by atomic mass is 9.91. The van der Waals surface area contributed by atoms with E-state index in [1.165, 1.54) is 5.06 Å². The molecule has 1 aromatic carbocycles. The summed E-state index contributed by atoms with van der Waals surface area (Å²) in [7, 11) is 1.62. The molecule has 0 saturated carbocycles. The molecule has 1 unspecified atom stereocenters. The minimum absolute atomic E-state index is 0.0668. The fraction of sp³-hybridized carbons (Fsp3) is 0.400. The fourth-order valence-electron chi connectivity index (χ4n) is 2.69. The zero-order valence-corrected chi connectivity index (χ0v) is 12.3. The van der Waals surface area contributed by atoms with Crippen molar-refractivity contribution in [3.63, 3.8) is 0 Å². The molecular weight excluding hydrogens is 270 g/mol. The van der Waals surface area contributed by atoms with Gasteiger partial charge < -0.3 is 4.84 Å². The van der Waals surface area contributed by atoms with Gasteiger partial charge in [-0.3, -0.25) is 9.59 Å². The van der Waals surface area contributed by atoms with E-state index < -0.39 is 0 Å². The molecule has 0 aliphatic carbocycles. The molecule has 1 atom stereocenters. The van der Waals surface area contributed by atoms with Crippen molar-refractivity contribution in [2.45, 2.75) is 32.6 Å². The van der Waals surface area contributed by atoms with Gasteiger partial charge in [-0.05, 0) is 31.5 Å². The maximum absolute atomic E-state index is 12.0. The molecule has 0 aromatic heterocycles. The summed E-state index contributed by atoms with van der Waals surface area (Å²) in [6.07, 6.45) is 1.04. The second-order valence-corrected chi connectivity index (χ2v) is 5.45. The number of likely N-dealkylation sites (N-methyl/N-ethyl adjacent to an activating group) is 1. The lowest BCUT2D eigenvalue weighted by Crippen LogP contribution is -2.38. The maximum Gasteiger partial charge on any atom is 0.262 e. The molecule has 1 N–H and O–H groups in total. The molecule has 2 amide bonds. The van der Waals surface area contributed by atoms with Crippen LogP contribution in [0.5, 0.6) is 5.75 Å². The molecule has 2 aliphatic heterocycles. The van der Waals surface area contributed by atoms with E-state index >= 15 is 0 Å². The van der Waals surface area contributed by atoms with E-state index in [4.69, 9.17) is 4.84 Å². The van der Waals surface area contributed by atoms with Crippen LogP contribution in [0.4, 0.5) is 0 Å². The van der Waals surface area contributed by atoms with Crippen LogP contribution in [0.2, 0.25) is 0 Å². The number of aryl methyl sites for hydroxylation is 1. The van der Waals surface area contributed by atoms with E-state index in [9.17, 15) is 9.59 Å². The molecule has 21 heavy (non-hydrogen) atoms. The van der Waals surface area contributed by atoms with Crippen LogP contribution >= 0.6 is 0 Å². The number of nitrogens with one attached hydrogen (secondary N) is 1. The number of hydroxylamine groups is 2. The molecule has 0 radical (unpaired) electrons. The van der Waals surface area contributed by atoms with E-state index in [0.717, 1.165) is 22.4 Å². The second-order valence-electron chi connectivity index (χ2n) is 5.45. The summed E-state index contributed by atoms with van der Waals surface area (Å²) >= 11 is 0. The summed E-state index contributed by atoms with van der Waals surface area (Å²) in [5.74, 6) is 0.308. The average molecular weight is 287 g/mol. The molecule has 110 valence electrons. The van der Waals surface area contributed by atoms with Gasteiger partial charge in [0.15, 0.2) is 5.75 Å². The van der Waals surface area contributed by atoms with E-state index in [-0.39, 0.29) is 17.7 Å². The first-order chi connectivity index (χ1) is 9.97. The summed E-state index contributed by atoms with van der Waals surface area (Å²) in [5.41, 5.74) is 6.18. The van der Waals surface area contributed by atoms with Gasteiger partial charge >= 0.3 is 0 Å². The predicted octanol–water partition coefficient (Wildman–Crippen LogP) is 1.48. The molecule has 0 spiro atoms. The molecule has 2 heterocycles. The van der Waals surface area contributed by atoms with Crippen molar-refractivity contribution in [1.29, 1.82) is 0 Å². The predicted molar refractivity (Wildman–Crippen MR) is 76.9 cm³/mol. The zero-order chi connectivity index (χ0) is 15.1. The Kier molecular flexibility index (Phi) is 3.16. The van der Waals surface area contributed by atoms with Crippen molar-refractivity contribution in [1.82, 2.24) is 10.5 Å². The van der Waals surface area contributed by atoms with Crippen LogP contribution in [0, 0.1) is 6.92 Å². The number of fused-ring (bicyclic) bond motifs is 1. The highest BCUT2D eigenvalue weighted by Crippen LogP contribution is 2.35. The summed E-state index contributed by atoms with van der Waals surface area (Å²) in [6, 6.07) is 3.87. The van der Waals surface area contributed by atoms with Gasteiger partial charge in [-0.2, -0.15) is 10.2 Å². The van der Waals surface area contributed by atoms with E-state index in [1.807, 2.05) is 26.0 Å². The first kappa shape index (κ1) is 13.6. The molecule has 0 bridgehead atoms. The third kappa shape index (κ3) is 2.26. The van der Waals surface area contributed by atoms with E-state index in [1.54, 1.807) is 7.05 Å². The first-order valence-electron chi connectivity index (χ1n) is 6.93. The molecule has 6 heteroatoms. The Morgan fingerprint density at radius 3 is 2.76 bits per heavy atom. The van der Waals surface area contributed by atoms with Crippen molar-refractivity contribution >= 4 is 17.5 Å². The number of hydrogen-bond donors (Lipinski definition) is 1. The Balaban J connectivity index is 2.05. The molecule has 2 aliphatic rings. The van der Waals surface area contributed by atoms with Gasteiger partial charge in [0.1, 0.15) is 0 Å². The molecule has 1 aromatic rings. The van der Waals surface area contributed by atoms with Gasteiger partial charge in [0, 0.05) is 31.0 Å². The number of benzene rings is 1. The second kappa shape index (κ2) is 4.87. The van der Waals surface area contributed by atoms with Crippen molar-refractivity contribution in [2.75, 3.05) is 7.05 Å². The number of carbonyl (C=O) groups is 2. The lowest BCUT2D eigenvalue weighted by Gasteiger charge is -2.30. The SMILES string of the molecule is Cc1cc2c(cc1C1=NNC(=O)CC1)C(C)C(=O)N(C)O2. The normalized spacial score (nSPS) is 21.4. The van der Waals surface area contributed by atoms with Gasteiger partial charge in [0.2, 0.25) is 5.91 Å². The minimum atomic E-state index is -0.253. The zero-order valence-electron chi connectivity index (χ0n) is 12.3. The quantitative estimate of drug-likeness (QED) is 0.850. The monoisotopic (exact) mass is 287 g/mol. The van der Waals surface area contributed by atoms with Gasteiger partial charge in [-0.25, -0.2) is 5.43 Å². The maximum atomic E-state index is 12.0. The largest absolute Gasteiger partial charge is 0.377 e. The molecule has 6 nitrogen and oxygen atoms in total. The highest BCUT2D eigenvalue weighted by atomic mass is 16.7. The van der Waals surface area contributed by atoms with Crippen molar-refractivity contribution in [2.24, 2.45) is 5.10 Å². The number of hydrogen-bond acceptors (Lipinski definition) is 4. The van der Waals surface area contributed by atoms with Crippen LogP contribution in [0.1, 0.15) is 42.4 Å². The van der Waals surface area contributed by atoms with Crippen LogP contribution in [0.25, 0.3) is 0 Å². The number of amides is 2. The Labute approximate surface area is 122 Å². The van der Waals surface area contributed by atoms with Gasteiger partial charge in [-0.1, -0.05) is 0 Å². The molecular formula is C15H17N3O3. The summed E-state index contributed by atoms with van der Waals surface area (Å²) < 4.78 is 0. The van der Waals surface area contributed by atoms with Gasteiger partial charge in [0.25, 0.3) is 5.91 Å². The Morgan fingerprint density at radius 2 is 2.10 bits per heavy atom. The van der Waals surface area contributed by atoms with Crippen molar-refractivity contribution in [3.8, 4) is 5.75 Å². The van der Waals surface area contributed by atoms with Crippen molar-refractivity contribution < 1.29 is 14.4 Å². The molecule has 3 rings (SSSR count). The van der Waals surface area contributed by atoms with E-state index in [2.05, 4.69) is 10.5 Å². The number of hydrazone groups is 1. The Hall–Kier alpha value is -2.37. The summed E-state index contributed by atoms with van der Waals surface area (Å²) in [4.78, 5) is 28.7. The van der Waals surface area contributed by atoms with Gasteiger partial charge in [0.05, 0.1) is 11.6 Å². The van der Waals surface area contributed by atoms with Crippen LogP contribution < -0.4 is 10.3 Å². The topological polar surface area (TPSA) is 71.0 Å². The Bertz CT molecular complexity index is 666. The average Bonchev–Trinajstić information content (AvgIpc) is 2.46. The summed E-state index contributed by atoms with van der Waals surface area (Å²) in [6.45, 7) is 3.84. The number of carbonyl (C=O) groups excluding carboxylic acids is 2. The third-order valence-electron chi connectivity index (χ3n) is 3.95. The molecule has 0 fully saturated rings. The van der Waals surface area contributed by atoms with Crippen LogP contribution in [0.3, 0.4) is 0 Å². The van der Waals surface area contributed by atoms with Gasteiger partial charge in [-0.15, -0.1) is 0 Å². The number of nitrogens with zero attached hydrogens (tertiary/aromatic N) is 2. The fourth-order valence-corrected chi connectivity index (χ4v) is 2.69.